The summed E-state index contributed by atoms with van der Waals surface area (Å²) in [5.74, 6) is 0.854. The molecule has 0 N–H and O–H groups in total. The molecule has 1 fully saturated rings. The molecule has 33 heavy (non-hydrogen) atoms. The van der Waals surface area contributed by atoms with Gasteiger partial charge in [0.05, 0.1) is 36.2 Å². The molecule has 5 aromatic rings. The number of morpholine rings is 1. The predicted molar refractivity (Wildman–Crippen MR) is 134 cm³/mol. The van der Waals surface area contributed by atoms with Gasteiger partial charge < -0.3 is 9.30 Å². The van der Waals surface area contributed by atoms with Crippen LogP contribution in [0.15, 0.2) is 70.2 Å². The first-order chi connectivity index (χ1) is 16.3. The van der Waals surface area contributed by atoms with Crippen molar-refractivity contribution in [2.75, 3.05) is 26.3 Å². The molecule has 0 spiro atoms. The van der Waals surface area contributed by atoms with Crippen molar-refractivity contribution in [2.45, 2.75) is 16.7 Å². The van der Waals surface area contributed by atoms with Gasteiger partial charge in [0, 0.05) is 31.1 Å². The molecular formula is C25H23N5OS2. The number of imidazole rings is 1. The zero-order chi connectivity index (χ0) is 22.2. The second kappa shape index (κ2) is 8.87. The lowest BCUT2D eigenvalue weighted by atomic mass is 10.1. The van der Waals surface area contributed by atoms with E-state index in [4.69, 9.17) is 19.7 Å². The molecule has 0 aliphatic carbocycles. The molecule has 0 unspecified atom stereocenters. The molecule has 0 radical (unpaired) electrons. The van der Waals surface area contributed by atoms with Gasteiger partial charge in [0.25, 0.3) is 0 Å². The smallest absolute Gasteiger partial charge is 0.175 e. The van der Waals surface area contributed by atoms with Crippen molar-refractivity contribution >= 4 is 44.3 Å². The van der Waals surface area contributed by atoms with Crippen LogP contribution in [0.25, 0.3) is 32.4 Å². The molecule has 166 valence electrons. The number of fused-ring (bicyclic) bond motifs is 2. The molecular weight excluding hydrogens is 450 g/mol. The highest BCUT2D eigenvalue weighted by atomic mass is 32.2. The van der Waals surface area contributed by atoms with Crippen LogP contribution in [0, 0.1) is 0 Å². The number of rotatable bonds is 5. The maximum atomic E-state index is 5.51. The minimum atomic E-state index is 0.730. The Kier molecular flexibility index (Phi) is 5.59. The van der Waals surface area contributed by atoms with Crippen LogP contribution in [0.4, 0.5) is 0 Å². The second-order valence-corrected chi connectivity index (χ2v) is 9.89. The standard InChI is InChI=1S/C25H23N5OS2/c1-29-20-10-6-5-9-19(20)26-25(29)33-24-22-18(17-7-3-2-4-8-17)16-32-23(22)27-21(28-24)15-30-11-13-31-14-12-30/h2-10,16H,11-15H2,1H3. The minimum absolute atomic E-state index is 0.730. The molecule has 4 heterocycles. The molecule has 6 rings (SSSR count). The molecule has 2 aromatic carbocycles. The van der Waals surface area contributed by atoms with E-state index < -0.39 is 0 Å². The largest absolute Gasteiger partial charge is 0.379 e. The van der Waals surface area contributed by atoms with Crippen molar-refractivity contribution in [3.05, 3.63) is 65.8 Å². The van der Waals surface area contributed by atoms with E-state index in [0.717, 1.165) is 70.1 Å². The summed E-state index contributed by atoms with van der Waals surface area (Å²) in [6.07, 6.45) is 0. The molecule has 1 saturated heterocycles. The van der Waals surface area contributed by atoms with E-state index in [1.54, 1.807) is 23.1 Å². The molecule has 1 aliphatic heterocycles. The van der Waals surface area contributed by atoms with Gasteiger partial charge in [0.1, 0.15) is 15.7 Å². The number of benzene rings is 2. The number of hydrogen-bond acceptors (Lipinski definition) is 7. The average Bonchev–Trinajstić information content (AvgIpc) is 3.42. The van der Waals surface area contributed by atoms with Crippen LogP contribution in [0.5, 0.6) is 0 Å². The number of aromatic nitrogens is 4. The first kappa shape index (κ1) is 20.8. The lowest BCUT2D eigenvalue weighted by Gasteiger charge is -2.25. The third-order valence-electron chi connectivity index (χ3n) is 5.93. The van der Waals surface area contributed by atoms with Crippen molar-refractivity contribution in [3.8, 4) is 11.1 Å². The van der Waals surface area contributed by atoms with Gasteiger partial charge in [-0.25, -0.2) is 15.0 Å². The lowest BCUT2D eigenvalue weighted by molar-refractivity contribution is 0.0330. The molecule has 0 saturated carbocycles. The zero-order valence-electron chi connectivity index (χ0n) is 18.3. The van der Waals surface area contributed by atoms with Gasteiger partial charge in [-0.05, 0) is 29.5 Å². The number of thiophene rings is 1. The van der Waals surface area contributed by atoms with Gasteiger partial charge in [-0.2, -0.15) is 0 Å². The van der Waals surface area contributed by atoms with E-state index in [1.165, 1.54) is 11.1 Å². The summed E-state index contributed by atoms with van der Waals surface area (Å²) < 4.78 is 7.65. The predicted octanol–water partition coefficient (Wildman–Crippen LogP) is 5.23. The van der Waals surface area contributed by atoms with Gasteiger partial charge in [-0.3, -0.25) is 4.90 Å². The monoisotopic (exact) mass is 473 g/mol. The van der Waals surface area contributed by atoms with Gasteiger partial charge in [0.15, 0.2) is 5.16 Å². The highest BCUT2D eigenvalue weighted by Gasteiger charge is 2.20. The van der Waals surface area contributed by atoms with Crippen molar-refractivity contribution in [2.24, 2.45) is 7.05 Å². The third-order valence-corrected chi connectivity index (χ3v) is 7.84. The maximum Gasteiger partial charge on any atom is 0.175 e. The topological polar surface area (TPSA) is 56.1 Å². The van der Waals surface area contributed by atoms with Crippen molar-refractivity contribution in [1.29, 1.82) is 0 Å². The lowest BCUT2D eigenvalue weighted by Crippen LogP contribution is -2.36. The summed E-state index contributed by atoms with van der Waals surface area (Å²) >= 11 is 3.31. The van der Waals surface area contributed by atoms with E-state index in [9.17, 15) is 0 Å². The van der Waals surface area contributed by atoms with E-state index >= 15 is 0 Å². The van der Waals surface area contributed by atoms with E-state index in [-0.39, 0.29) is 0 Å². The average molecular weight is 474 g/mol. The molecule has 0 atom stereocenters. The Labute approximate surface area is 200 Å². The minimum Gasteiger partial charge on any atom is -0.379 e. The quantitative estimate of drug-likeness (QED) is 0.326. The first-order valence-corrected chi connectivity index (χ1v) is 12.7. The van der Waals surface area contributed by atoms with E-state index in [0.29, 0.717) is 0 Å². The van der Waals surface area contributed by atoms with Crippen LogP contribution < -0.4 is 0 Å². The van der Waals surface area contributed by atoms with Crippen molar-refractivity contribution < 1.29 is 4.74 Å². The van der Waals surface area contributed by atoms with Gasteiger partial charge in [-0.1, -0.05) is 42.5 Å². The first-order valence-electron chi connectivity index (χ1n) is 11.0. The van der Waals surface area contributed by atoms with Crippen LogP contribution in [-0.2, 0) is 18.3 Å². The molecule has 6 nitrogen and oxygen atoms in total. The number of hydrogen-bond donors (Lipinski definition) is 0. The zero-order valence-corrected chi connectivity index (χ0v) is 19.9. The Balaban J connectivity index is 1.47. The van der Waals surface area contributed by atoms with Crippen LogP contribution in [0.2, 0.25) is 0 Å². The van der Waals surface area contributed by atoms with Gasteiger partial charge in [-0.15, -0.1) is 11.3 Å². The fraction of sp³-hybridized carbons (Fsp3) is 0.240. The molecule has 0 bridgehead atoms. The van der Waals surface area contributed by atoms with Crippen LogP contribution >= 0.6 is 23.1 Å². The van der Waals surface area contributed by atoms with Crippen molar-refractivity contribution in [3.63, 3.8) is 0 Å². The Morgan fingerprint density at radius 3 is 2.58 bits per heavy atom. The highest BCUT2D eigenvalue weighted by Crippen LogP contribution is 2.40. The highest BCUT2D eigenvalue weighted by molar-refractivity contribution is 7.99. The maximum absolute atomic E-state index is 5.51. The Hall–Kier alpha value is -2.78. The third kappa shape index (κ3) is 4.04. The van der Waals surface area contributed by atoms with Crippen LogP contribution in [0.3, 0.4) is 0 Å². The summed E-state index contributed by atoms with van der Waals surface area (Å²) in [5.41, 5.74) is 4.47. The normalized spacial score (nSPS) is 14.9. The SMILES string of the molecule is Cn1c(Sc2nc(CN3CCOCC3)nc3scc(-c4ccccc4)c23)nc2ccccc21. The Morgan fingerprint density at radius 1 is 0.970 bits per heavy atom. The Morgan fingerprint density at radius 2 is 1.76 bits per heavy atom. The fourth-order valence-corrected chi connectivity index (χ4v) is 6.23. The van der Waals surface area contributed by atoms with E-state index in [2.05, 4.69) is 58.3 Å². The summed E-state index contributed by atoms with van der Waals surface area (Å²) in [6, 6.07) is 18.7. The second-order valence-electron chi connectivity index (χ2n) is 8.07. The summed E-state index contributed by atoms with van der Waals surface area (Å²) in [5, 5.41) is 5.20. The van der Waals surface area contributed by atoms with Gasteiger partial charge in [0.2, 0.25) is 0 Å². The number of aryl methyl sites for hydroxylation is 1. The molecule has 8 heteroatoms. The number of para-hydroxylation sites is 2. The van der Waals surface area contributed by atoms with E-state index in [1.807, 2.05) is 18.2 Å². The van der Waals surface area contributed by atoms with Gasteiger partial charge >= 0.3 is 0 Å². The molecule has 3 aromatic heterocycles. The van der Waals surface area contributed by atoms with Crippen LogP contribution in [-0.4, -0.2) is 50.7 Å². The van der Waals surface area contributed by atoms with Crippen molar-refractivity contribution in [1.82, 2.24) is 24.4 Å². The Bertz CT molecular complexity index is 1420. The van der Waals surface area contributed by atoms with Crippen LogP contribution in [0.1, 0.15) is 5.82 Å². The summed E-state index contributed by atoms with van der Waals surface area (Å²) in [4.78, 5) is 18.3. The number of nitrogens with zero attached hydrogens (tertiary/aromatic N) is 5. The fourth-order valence-electron chi connectivity index (χ4n) is 4.19. The number of ether oxygens (including phenoxy) is 1. The molecule has 1 aliphatic rings. The summed E-state index contributed by atoms with van der Waals surface area (Å²) in [6.45, 7) is 4.08. The summed E-state index contributed by atoms with van der Waals surface area (Å²) in [7, 11) is 2.07. The molecule has 0 amide bonds.